The number of carbonyl (C=O) groups excluding carboxylic acids is 2. The normalized spacial score (nSPS) is 10.4. The second-order valence-electron chi connectivity index (χ2n) is 6.34. The molecule has 7 nitrogen and oxygen atoms in total. The molecule has 0 spiro atoms. The topological polar surface area (TPSA) is 114 Å². The van der Waals surface area contributed by atoms with E-state index in [-0.39, 0.29) is 44.4 Å². The summed E-state index contributed by atoms with van der Waals surface area (Å²) in [5.74, 6) is -0.553. The highest BCUT2D eigenvalue weighted by molar-refractivity contribution is 5.99. The molecule has 2 aromatic rings. The third-order valence-electron chi connectivity index (χ3n) is 4.22. The van der Waals surface area contributed by atoms with Crippen molar-refractivity contribution in [2.45, 2.75) is 26.4 Å². The van der Waals surface area contributed by atoms with Crippen LogP contribution in [0.5, 0.6) is 0 Å². The summed E-state index contributed by atoms with van der Waals surface area (Å²) < 4.78 is 0. The first-order chi connectivity index (χ1) is 13.4. The number of benzene rings is 2. The van der Waals surface area contributed by atoms with E-state index in [0.29, 0.717) is 17.1 Å². The monoisotopic (exact) mass is 383 g/mol. The van der Waals surface area contributed by atoms with Gasteiger partial charge in [0.2, 0.25) is 11.8 Å². The minimum absolute atomic E-state index is 0.00523. The summed E-state index contributed by atoms with van der Waals surface area (Å²) in [6.45, 7) is 1.53. The molecule has 0 atom stereocenters. The van der Waals surface area contributed by atoms with E-state index in [2.05, 4.69) is 5.32 Å². The molecule has 148 valence electrons. The van der Waals surface area contributed by atoms with Crippen molar-refractivity contribution in [3.63, 3.8) is 0 Å². The zero-order valence-corrected chi connectivity index (χ0v) is 15.8. The van der Waals surface area contributed by atoms with Gasteiger partial charge in [-0.3, -0.25) is 9.59 Å². The summed E-state index contributed by atoms with van der Waals surface area (Å²) in [6.07, 6.45) is 0.0199. The molecule has 0 bridgehead atoms. The number of hydrogen-bond donors (Lipinski definition) is 4. The maximum absolute atomic E-state index is 12.5. The smallest absolute Gasteiger partial charge is 0.227 e. The lowest BCUT2D eigenvalue weighted by molar-refractivity contribution is -0.122. The third kappa shape index (κ3) is 6.00. The van der Waals surface area contributed by atoms with Crippen LogP contribution < -0.4 is 10.2 Å². The summed E-state index contributed by atoms with van der Waals surface area (Å²) in [5.41, 5.74) is 3.16. The molecule has 0 aliphatic carbocycles. The van der Waals surface area contributed by atoms with Gasteiger partial charge < -0.3 is 25.8 Å². The zero-order chi connectivity index (χ0) is 20.5. The number of aliphatic hydroxyl groups excluding tert-OH is 2. The number of hydrogen-bond acceptors (Lipinski definition) is 5. The van der Waals surface area contributed by atoms with Gasteiger partial charge in [0.15, 0.2) is 0 Å². The van der Waals surface area contributed by atoms with Gasteiger partial charge in [0, 0.05) is 36.5 Å². The van der Waals surface area contributed by atoms with Crippen molar-refractivity contribution in [3.05, 3.63) is 59.7 Å². The first-order valence-corrected chi connectivity index (χ1v) is 9.01. The van der Waals surface area contributed by atoms with E-state index in [9.17, 15) is 14.7 Å². The quantitative estimate of drug-likeness (QED) is 0.498. The molecule has 0 heterocycles. The Balaban J connectivity index is 1.93. The van der Waals surface area contributed by atoms with Crippen molar-refractivity contribution >= 4 is 28.9 Å². The first kappa shape index (κ1) is 21.3. The van der Waals surface area contributed by atoms with Crippen LogP contribution in [0.25, 0.3) is 0 Å². The number of rotatable bonds is 9. The van der Waals surface area contributed by atoms with Crippen LogP contribution in [-0.4, -0.2) is 40.9 Å². The predicted octanol–water partition coefficient (Wildman–Crippen LogP) is 2.31. The van der Waals surface area contributed by atoms with Gasteiger partial charge >= 0.3 is 0 Å². The molecule has 4 N–H and O–H groups in total. The molecule has 0 aliphatic heterocycles. The van der Waals surface area contributed by atoms with Crippen molar-refractivity contribution in [3.8, 4) is 0 Å². The molecule has 2 aromatic carbocycles. The van der Waals surface area contributed by atoms with Gasteiger partial charge in [0.25, 0.3) is 0 Å². The highest BCUT2D eigenvalue weighted by Gasteiger charge is 2.17. The molecule has 0 fully saturated rings. The molecule has 7 heteroatoms. The van der Waals surface area contributed by atoms with Crippen LogP contribution in [0, 0.1) is 5.41 Å². The molecule has 2 rings (SSSR count). The summed E-state index contributed by atoms with van der Waals surface area (Å²) in [5, 5.41) is 28.7. The Hall–Kier alpha value is -3.03. The number of anilines is 2. The molecule has 0 radical (unpaired) electrons. The van der Waals surface area contributed by atoms with E-state index in [1.165, 1.54) is 4.90 Å². The zero-order valence-electron chi connectivity index (χ0n) is 15.8. The van der Waals surface area contributed by atoms with Gasteiger partial charge in [-0.15, -0.1) is 0 Å². The van der Waals surface area contributed by atoms with Crippen molar-refractivity contribution in [1.29, 1.82) is 5.41 Å². The minimum atomic E-state index is -0.285. The van der Waals surface area contributed by atoms with Crippen LogP contribution >= 0.6 is 0 Å². The van der Waals surface area contributed by atoms with E-state index in [1.54, 1.807) is 55.5 Å². The van der Waals surface area contributed by atoms with Crippen LogP contribution in [0.15, 0.2) is 48.5 Å². The van der Waals surface area contributed by atoms with Gasteiger partial charge in [-0.25, -0.2) is 0 Å². The van der Waals surface area contributed by atoms with Crippen molar-refractivity contribution in [2.24, 2.45) is 0 Å². The van der Waals surface area contributed by atoms with Crippen molar-refractivity contribution in [2.75, 3.05) is 23.4 Å². The van der Waals surface area contributed by atoms with E-state index in [1.807, 2.05) is 0 Å². The minimum Gasteiger partial charge on any atom is -0.395 e. The summed E-state index contributed by atoms with van der Waals surface area (Å²) >= 11 is 0. The van der Waals surface area contributed by atoms with E-state index in [4.69, 9.17) is 10.5 Å². The second-order valence-corrected chi connectivity index (χ2v) is 6.34. The lowest BCUT2D eigenvalue weighted by atomic mass is 10.1. The van der Waals surface area contributed by atoms with Crippen molar-refractivity contribution in [1.82, 2.24) is 0 Å². The lowest BCUT2D eigenvalue weighted by Crippen LogP contribution is -2.34. The summed E-state index contributed by atoms with van der Waals surface area (Å²) in [6, 6.07) is 13.8. The first-order valence-electron chi connectivity index (χ1n) is 9.01. The Bertz CT molecular complexity index is 817. The molecule has 0 aromatic heterocycles. The van der Waals surface area contributed by atoms with Gasteiger partial charge in [-0.1, -0.05) is 24.3 Å². The highest BCUT2D eigenvalue weighted by Crippen LogP contribution is 2.17. The Kier molecular flexibility index (Phi) is 7.86. The standard InChI is InChI=1S/C21H25N3O4/c1-15(22)17-4-6-18(7-5-17)23-20(27)10-11-21(28)24(12-13-25)19-8-2-16(14-26)3-9-19/h2-9,22,25-26H,10-14H2,1H3,(H,23,27). The van der Waals surface area contributed by atoms with Crippen LogP contribution in [0.3, 0.4) is 0 Å². The Morgan fingerprint density at radius 2 is 1.64 bits per heavy atom. The Morgan fingerprint density at radius 1 is 1.00 bits per heavy atom. The Labute approximate surface area is 164 Å². The molecule has 0 aliphatic rings. The summed E-state index contributed by atoms with van der Waals surface area (Å²) in [4.78, 5) is 26.1. The fourth-order valence-corrected chi connectivity index (χ4v) is 2.66. The highest BCUT2D eigenvalue weighted by atomic mass is 16.3. The number of amides is 2. The average Bonchev–Trinajstić information content (AvgIpc) is 2.70. The number of nitrogens with one attached hydrogen (secondary N) is 2. The van der Waals surface area contributed by atoms with Gasteiger partial charge in [-0.05, 0) is 42.3 Å². The SMILES string of the molecule is CC(=N)c1ccc(NC(=O)CCC(=O)N(CCO)c2ccc(CO)cc2)cc1. The largest absolute Gasteiger partial charge is 0.395 e. The fourth-order valence-electron chi connectivity index (χ4n) is 2.66. The second kappa shape index (κ2) is 10.3. The summed E-state index contributed by atoms with van der Waals surface area (Å²) in [7, 11) is 0. The van der Waals surface area contributed by atoms with E-state index in [0.717, 1.165) is 11.1 Å². The Morgan fingerprint density at radius 3 is 2.18 bits per heavy atom. The maximum Gasteiger partial charge on any atom is 0.227 e. The van der Waals surface area contributed by atoms with Gasteiger partial charge in [-0.2, -0.15) is 0 Å². The molecule has 2 amide bonds. The van der Waals surface area contributed by atoms with Gasteiger partial charge in [0.05, 0.1) is 13.2 Å². The molecule has 0 saturated heterocycles. The van der Waals surface area contributed by atoms with Crippen LogP contribution in [0.4, 0.5) is 11.4 Å². The number of carbonyl (C=O) groups is 2. The average molecular weight is 383 g/mol. The van der Waals surface area contributed by atoms with Crippen LogP contribution in [-0.2, 0) is 16.2 Å². The molecule has 0 unspecified atom stereocenters. The number of aliphatic hydroxyl groups is 2. The van der Waals surface area contributed by atoms with E-state index >= 15 is 0 Å². The molecular formula is C21H25N3O4. The molecule has 28 heavy (non-hydrogen) atoms. The van der Waals surface area contributed by atoms with E-state index < -0.39 is 0 Å². The fraction of sp³-hybridized carbons (Fsp3) is 0.286. The molecular weight excluding hydrogens is 358 g/mol. The third-order valence-corrected chi connectivity index (χ3v) is 4.22. The van der Waals surface area contributed by atoms with Crippen LogP contribution in [0.2, 0.25) is 0 Å². The van der Waals surface area contributed by atoms with Crippen molar-refractivity contribution < 1.29 is 19.8 Å². The van der Waals surface area contributed by atoms with Gasteiger partial charge in [0.1, 0.15) is 0 Å². The molecule has 0 saturated carbocycles. The number of nitrogens with zero attached hydrogens (tertiary/aromatic N) is 1. The maximum atomic E-state index is 12.5. The predicted molar refractivity (Wildman–Crippen MR) is 109 cm³/mol. The van der Waals surface area contributed by atoms with Crippen LogP contribution in [0.1, 0.15) is 30.9 Å². The lowest BCUT2D eigenvalue weighted by Gasteiger charge is -2.22.